The molecular weight excluding hydrogens is 263 g/mol. The first-order chi connectivity index (χ1) is 7.65. The molecule has 1 aromatic heterocycles. The van der Waals surface area contributed by atoms with Crippen LogP contribution in [-0.2, 0) is 6.54 Å². The van der Waals surface area contributed by atoms with E-state index >= 15 is 0 Å². The average Bonchev–Trinajstić information content (AvgIpc) is 2.66. The van der Waals surface area contributed by atoms with Crippen LogP contribution < -0.4 is 5.32 Å². The molecule has 16 heavy (non-hydrogen) atoms. The summed E-state index contributed by atoms with van der Waals surface area (Å²) in [6, 6.07) is 5.60. The molecule has 0 spiro atoms. The number of thiazole rings is 1. The first-order valence-corrected chi connectivity index (χ1v) is 6.32. The molecule has 0 aliphatic rings. The number of nitrogens with one attached hydrogen (secondary N) is 1. The molecule has 0 saturated carbocycles. The van der Waals surface area contributed by atoms with Gasteiger partial charge in [0.15, 0.2) is 5.13 Å². The van der Waals surface area contributed by atoms with Crippen molar-refractivity contribution in [2.45, 2.75) is 13.5 Å². The van der Waals surface area contributed by atoms with Crippen LogP contribution in [0.3, 0.4) is 0 Å². The first-order valence-electron chi connectivity index (χ1n) is 4.75. The second kappa shape index (κ2) is 5.04. The molecule has 0 radical (unpaired) electrons. The third-order valence-electron chi connectivity index (χ3n) is 2.05. The van der Waals surface area contributed by atoms with Gasteiger partial charge < -0.3 is 5.32 Å². The molecule has 1 heterocycles. The maximum atomic E-state index is 5.93. The van der Waals surface area contributed by atoms with E-state index in [1.807, 2.05) is 25.3 Å². The molecule has 0 aliphatic carbocycles. The predicted molar refractivity (Wildman–Crippen MR) is 70.6 cm³/mol. The lowest BCUT2D eigenvalue weighted by atomic mass is 10.2. The molecule has 0 aliphatic heterocycles. The molecule has 2 rings (SSSR count). The lowest BCUT2D eigenvalue weighted by Gasteiger charge is -2.04. The Morgan fingerprint density at radius 1 is 1.31 bits per heavy atom. The number of halogens is 2. The second-order valence-electron chi connectivity index (χ2n) is 3.38. The highest BCUT2D eigenvalue weighted by atomic mass is 35.5. The maximum Gasteiger partial charge on any atom is 0.183 e. The Morgan fingerprint density at radius 3 is 2.75 bits per heavy atom. The van der Waals surface area contributed by atoms with Crippen LogP contribution in [0.5, 0.6) is 0 Å². The summed E-state index contributed by atoms with van der Waals surface area (Å²) in [5.41, 5.74) is 1.09. The second-order valence-corrected chi connectivity index (χ2v) is 5.43. The molecule has 5 heteroatoms. The zero-order chi connectivity index (χ0) is 11.5. The highest BCUT2D eigenvalue weighted by Gasteiger charge is 2.01. The molecule has 1 N–H and O–H groups in total. The van der Waals surface area contributed by atoms with E-state index in [1.165, 1.54) is 4.88 Å². The van der Waals surface area contributed by atoms with Crippen molar-refractivity contribution in [1.29, 1.82) is 0 Å². The molecule has 1 aromatic carbocycles. The topological polar surface area (TPSA) is 24.9 Å². The van der Waals surface area contributed by atoms with Crippen LogP contribution in [0.1, 0.15) is 10.4 Å². The lowest BCUT2D eigenvalue weighted by Crippen LogP contribution is -1.98. The Morgan fingerprint density at radius 2 is 2.12 bits per heavy atom. The van der Waals surface area contributed by atoms with Gasteiger partial charge in [0, 0.05) is 17.6 Å². The van der Waals surface area contributed by atoms with Crippen molar-refractivity contribution in [2.75, 3.05) is 5.32 Å². The zero-order valence-electron chi connectivity index (χ0n) is 8.63. The number of hydrogen-bond acceptors (Lipinski definition) is 3. The summed E-state index contributed by atoms with van der Waals surface area (Å²) in [4.78, 5) is 5.41. The third-order valence-corrected chi connectivity index (χ3v) is 3.66. The van der Waals surface area contributed by atoms with Gasteiger partial charge in [0.2, 0.25) is 0 Å². The van der Waals surface area contributed by atoms with Gasteiger partial charge in [0.05, 0.1) is 10.0 Å². The standard InChI is InChI=1S/C11H10Cl2N2S/c1-7-5-14-11(16-7)15-6-8-2-3-9(12)10(13)4-8/h2-5H,6H2,1H3,(H,14,15). The summed E-state index contributed by atoms with van der Waals surface area (Å²) in [7, 11) is 0. The van der Waals surface area contributed by atoms with Gasteiger partial charge in [-0.15, -0.1) is 11.3 Å². The summed E-state index contributed by atoms with van der Waals surface area (Å²) < 4.78 is 0. The molecule has 0 saturated heterocycles. The minimum atomic E-state index is 0.579. The van der Waals surface area contributed by atoms with Gasteiger partial charge in [0.1, 0.15) is 0 Å². The van der Waals surface area contributed by atoms with E-state index in [9.17, 15) is 0 Å². The van der Waals surface area contributed by atoms with E-state index in [4.69, 9.17) is 23.2 Å². The molecule has 0 bridgehead atoms. The number of nitrogens with zero attached hydrogens (tertiary/aromatic N) is 1. The van der Waals surface area contributed by atoms with Crippen molar-refractivity contribution in [2.24, 2.45) is 0 Å². The number of aromatic nitrogens is 1. The van der Waals surface area contributed by atoms with Crippen LogP contribution in [-0.4, -0.2) is 4.98 Å². The van der Waals surface area contributed by atoms with Gasteiger partial charge in [-0.25, -0.2) is 4.98 Å². The highest BCUT2D eigenvalue weighted by Crippen LogP contribution is 2.23. The van der Waals surface area contributed by atoms with Gasteiger partial charge in [-0.3, -0.25) is 0 Å². The van der Waals surface area contributed by atoms with Crippen LogP contribution in [0, 0.1) is 6.92 Å². The normalized spacial score (nSPS) is 10.4. The van der Waals surface area contributed by atoms with Crippen LogP contribution in [0.25, 0.3) is 0 Å². The van der Waals surface area contributed by atoms with Crippen molar-refractivity contribution < 1.29 is 0 Å². The average molecular weight is 273 g/mol. The van der Waals surface area contributed by atoms with Crippen LogP contribution in [0.15, 0.2) is 24.4 Å². The van der Waals surface area contributed by atoms with Gasteiger partial charge >= 0.3 is 0 Å². The molecule has 84 valence electrons. The van der Waals surface area contributed by atoms with Crippen LogP contribution in [0.2, 0.25) is 10.0 Å². The number of anilines is 1. The van der Waals surface area contributed by atoms with Gasteiger partial charge in [-0.05, 0) is 24.6 Å². The van der Waals surface area contributed by atoms with E-state index in [0.717, 1.165) is 10.7 Å². The number of benzene rings is 1. The van der Waals surface area contributed by atoms with Gasteiger partial charge in [0.25, 0.3) is 0 Å². The molecule has 2 nitrogen and oxygen atoms in total. The van der Waals surface area contributed by atoms with Gasteiger partial charge in [-0.1, -0.05) is 29.3 Å². The smallest absolute Gasteiger partial charge is 0.183 e. The largest absolute Gasteiger partial charge is 0.357 e. The van der Waals surface area contributed by atoms with E-state index in [0.29, 0.717) is 16.6 Å². The Labute approximate surface area is 108 Å². The zero-order valence-corrected chi connectivity index (χ0v) is 11.0. The van der Waals surface area contributed by atoms with Crippen molar-refractivity contribution >= 4 is 39.7 Å². The van der Waals surface area contributed by atoms with Crippen molar-refractivity contribution in [3.63, 3.8) is 0 Å². The summed E-state index contributed by atoms with van der Waals surface area (Å²) >= 11 is 13.4. The molecule has 2 aromatic rings. The van der Waals surface area contributed by atoms with Crippen molar-refractivity contribution in [3.8, 4) is 0 Å². The lowest BCUT2D eigenvalue weighted by molar-refractivity contribution is 1.13. The van der Waals surface area contributed by atoms with Crippen LogP contribution >= 0.6 is 34.5 Å². The van der Waals surface area contributed by atoms with E-state index < -0.39 is 0 Å². The van der Waals surface area contributed by atoms with Crippen LogP contribution in [0.4, 0.5) is 5.13 Å². The molecule has 0 fully saturated rings. The SMILES string of the molecule is Cc1cnc(NCc2ccc(Cl)c(Cl)c2)s1. The molecule has 0 unspecified atom stereocenters. The summed E-state index contributed by atoms with van der Waals surface area (Å²) in [5, 5.41) is 5.31. The van der Waals surface area contributed by atoms with Crippen molar-refractivity contribution in [1.82, 2.24) is 4.98 Å². The maximum absolute atomic E-state index is 5.93. The van der Waals surface area contributed by atoms with E-state index in [2.05, 4.69) is 10.3 Å². The third kappa shape index (κ3) is 2.88. The number of rotatable bonds is 3. The monoisotopic (exact) mass is 272 g/mol. The fraction of sp³-hybridized carbons (Fsp3) is 0.182. The molecular formula is C11H10Cl2N2S. The number of hydrogen-bond donors (Lipinski definition) is 1. The quantitative estimate of drug-likeness (QED) is 0.898. The minimum absolute atomic E-state index is 0.579. The van der Waals surface area contributed by atoms with Crippen molar-refractivity contribution in [3.05, 3.63) is 44.9 Å². The Bertz CT molecular complexity index is 496. The fourth-order valence-corrected chi connectivity index (χ4v) is 2.24. The Balaban J connectivity index is 2.02. The highest BCUT2D eigenvalue weighted by molar-refractivity contribution is 7.15. The Hall–Kier alpha value is -0.770. The first kappa shape index (κ1) is 11.7. The van der Waals surface area contributed by atoms with Gasteiger partial charge in [-0.2, -0.15) is 0 Å². The summed E-state index contributed by atoms with van der Waals surface area (Å²) in [6.45, 7) is 2.73. The fourth-order valence-electron chi connectivity index (χ4n) is 1.26. The number of aryl methyl sites for hydroxylation is 1. The summed E-state index contributed by atoms with van der Waals surface area (Å²) in [5.74, 6) is 0. The summed E-state index contributed by atoms with van der Waals surface area (Å²) in [6.07, 6.45) is 1.85. The molecule has 0 amide bonds. The predicted octanol–water partition coefficient (Wildman–Crippen LogP) is 4.37. The Kier molecular flexibility index (Phi) is 3.69. The molecule has 0 atom stereocenters. The van der Waals surface area contributed by atoms with E-state index in [-0.39, 0.29) is 0 Å². The minimum Gasteiger partial charge on any atom is -0.357 e. The van der Waals surface area contributed by atoms with E-state index in [1.54, 1.807) is 17.4 Å².